The second kappa shape index (κ2) is 8.37. The number of sulfonamides is 1. The van der Waals surface area contributed by atoms with Crippen LogP contribution >= 0.6 is 11.6 Å². The van der Waals surface area contributed by atoms with Crippen LogP contribution in [0.4, 0.5) is 0 Å². The third-order valence-corrected chi connectivity index (χ3v) is 6.67. The number of alkyl halides is 1. The molecule has 0 aliphatic carbocycles. The topological polar surface area (TPSA) is 61.8 Å². The summed E-state index contributed by atoms with van der Waals surface area (Å²) in [6.07, 6.45) is 0. The number of halogens is 1. The third-order valence-electron chi connectivity index (χ3n) is 4.77. The van der Waals surface area contributed by atoms with E-state index in [0.29, 0.717) is 6.54 Å². The Morgan fingerprint density at radius 3 is 2.07 bits per heavy atom. The van der Waals surface area contributed by atoms with E-state index in [4.69, 9.17) is 11.6 Å². The van der Waals surface area contributed by atoms with Gasteiger partial charge in [0.2, 0.25) is 10.0 Å². The van der Waals surface area contributed by atoms with Gasteiger partial charge in [-0.15, -0.1) is 0 Å². The zero-order chi connectivity index (χ0) is 20.3. The van der Waals surface area contributed by atoms with Gasteiger partial charge in [0.05, 0.1) is 17.2 Å². The number of hydrogen-bond acceptors (Lipinski definition) is 4. The number of hydrazone groups is 1. The van der Waals surface area contributed by atoms with Crippen molar-refractivity contribution >= 4 is 27.3 Å². The third kappa shape index (κ3) is 4.34. The number of nitrogens with one attached hydrogen (secondary N) is 1. The Morgan fingerprint density at radius 2 is 1.45 bits per heavy atom. The van der Waals surface area contributed by atoms with Crippen LogP contribution in [0, 0.1) is 0 Å². The number of rotatable bonds is 6. The fourth-order valence-electron chi connectivity index (χ4n) is 3.34. The van der Waals surface area contributed by atoms with Crippen LogP contribution in [0.15, 0.2) is 101 Å². The van der Waals surface area contributed by atoms with Crippen molar-refractivity contribution in [3.8, 4) is 0 Å². The second-order valence-corrected chi connectivity index (χ2v) is 8.83. The van der Waals surface area contributed by atoms with Crippen molar-refractivity contribution in [3.05, 3.63) is 102 Å². The second-order valence-electron chi connectivity index (χ2n) is 6.71. The maximum absolute atomic E-state index is 12.6. The maximum atomic E-state index is 12.6. The predicted octanol–water partition coefficient (Wildman–Crippen LogP) is 3.99. The minimum atomic E-state index is -3.75. The van der Waals surface area contributed by atoms with Gasteiger partial charge in [-0.2, -0.15) is 9.82 Å². The molecule has 1 N–H and O–H groups in total. The molecule has 0 saturated heterocycles. The lowest BCUT2D eigenvalue weighted by molar-refractivity contribution is 0.273. The first kappa shape index (κ1) is 19.6. The Morgan fingerprint density at radius 1 is 0.897 bits per heavy atom. The highest BCUT2D eigenvalue weighted by atomic mass is 35.5. The molecule has 1 aliphatic heterocycles. The van der Waals surface area contributed by atoms with Crippen molar-refractivity contribution in [3.63, 3.8) is 0 Å². The molecule has 7 heteroatoms. The monoisotopic (exact) mass is 425 g/mol. The Labute approximate surface area is 175 Å². The van der Waals surface area contributed by atoms with Gasteiger partial charge in [-0.05, 0) is 23.3 Å². The first-order chi connectivity index (χ1) is 14.0. The van der Waals surface area contributed by atoms with Crippen LogP contribution in [0.3, 0.4) is 0 Å². The molecule has 4 rings (SSSR count). The van der Waals surface area contributed by atoms with E-state index in [1.807, 2.05) is 60.7 Å². The van der Waals surface area contributed by atoms with Gasteiger partial charge in [0.1, 0.15) is 0 Å². The van der Waals surface area contributed by atoms with Crippen LogP contribution in [0.2, 0.25) is 0 Å². The molecule has 5 nitrogen and oxygen atoms in total. The van der Waals surface area contributed by atoms with Crippen LogP contribution in [0.5, 0.6) is 0 Å². The van der Waals surface area contributed by atoms with Gasteiger partial charge >= 0.3 is 0 Å². The SMILES string of the molecule is O=S(=O)(NC(Cl)N1C[C@H](c2ccccc2)C(c2ccccc2)=N1)c1ccccc1. The molecule has 148 valence electrons. The van der Waals surface area contributed by atoms with Crippen molar-refractivity contribution in [2.45, 2.75) is 16.4 Å². The number of nitrogens with zero attached hydrogens (tertiary/aromatic N) is 2. The zero-order valence-electron chi connectivity index (χ0n) is 15.5. The molecule has 1 aliphatic rings. The van der Waals surface area contributed by atoms with Crippen LogP contribution in [-0.4, -0.2) is 31.3 Å². The summed E-state index contributed by atoms with van der Waals surface area (Å²) < 4.78 is 27.8. The maximum Gasteiger partial charge on any atom is 0.243 e. The average molecular weight is 426 g/mol. The summed E-state index contributed by atoms with van der Waals surface area (Å²) in [5.41, 5.74) is 1.94. The molecular formula is C22H20ClN3O2S. The van der Waals surface area contributed by atoms with Gasteiger partial charge in [-0.25, -0.2) is 8.42 Å². The molecule has 0 aromatic heterocycles. The van der Waals surface area contributed by atoms with Gasteiger partial charge in [0.15, 0.2) is 5.62 Å². The van der Waals surface area contributed by atoms with Gasteiger partial charge < -0.3 is 0 Å². The van der Waals surface area contributed by atoms with Gasteiger partial charge in [-0.1, -0.05) is 90.5 Å². The highest BCUT2D eigenvalue weighted by Gasteiger charge is 2.33. The summed E-state index contributed by atoms with van der Waals surface area (Å²) in [4.78, 5) is 0.164. The van der Waals surface area contributed by atoms with Crippen molar-refractivity contribution in [2.75, 3.05) is 6.54 Å². The first-order valence-corrected chi connectivity index (χ1v) is 11.1. The highest BCUT2D eigenvalue weighted by Crippen LogP contribution is 2.30. The van der Waals surface area contributed by atoms with E-state index in [1.54, 1.807) is 23.2 Å². The van der Waals surface area contributed by atoms with Crippen LogP contribution < -0.4 is 4.72 Å². The summed E-state index contributed by atoms with van der Waals surface area (Å²) in [6.45, 7) is 0.472. The Balaban J connectivity index is 1.62. The average Bonchev–Trinajstić information content (AvgIpc) is 3.21. The molecule has 0 fully saturated rings. The van der Waals surface area contributed by atoms with E-state index in [1.165, 1.54) is 12.1 Å². The Bertz CT molecular complexity index is 1090. The van der Waals surface area contributed by atoms with E-state index in [-0.39, 0.29) is 10.8 Å². The molecule has 3 aromatic carbocycles. The standard InChI is InChI=1S/C22H20ClN3O2S/c23-22(25-29(27,28)19-14-8-3-9-15-19)26-16-20(17-10-4-1-5-11-17)21(24-26)18-12-6-2-7-13-18/h1-15,20,22,25H,16H2/t20-,22?/m1/s1. The van der Waals surface area contributed by atoms with Gasteiger partial charge in [-0.3, -0.25) is 5.01 Å². The summed E-state index contributed by atoms with van der Waals surface area (Å²) in [7, 11) is -3.75. The van der Waals surface area contributed by atoms with Crippen LogP contribution in [-0.2, 0) is 10.0 Å². The predicted molar refractivity (Wildman–Crippen MR) is 115 cm³/mol. The number of benzene rings is 3. The molecule has 2 atom stereocenters. The molecular weight excluding hydrogens is 406 g/mol. The van der Waals surface area contributed by atoms with Crippen molar-refractivity contribution in [1.82, 2.24) is 9.73 Å². The van der Waals surface area contributed by atoms with Crippen LogP contribution in [0.1, 0.15) is 17.0 Å². The highest BCUT2D eigenvalue weighted by molar-refractivity contribution is 7.89. The largest absolute Gasteiger partial charge is 0.263 e. The molecule has 0 bridgehead atoms. The summed E-state index contributed by atoms with van der Waals surface area (Å²) >= 11 is 6.46. The summed E-state index contributed by atoms with van der Waals surface area (Å²) in [6, 6.07) is 28.0. The normalized spacial score (nSPS) is 17.8. The fourth-order valence-corrected chi connectivity index (χ4v) is 4.84. The lowest BCUT2D eigenvalue weighted by atomic mass is 9.91. The molecule has 0 amide bonds. The van der Waals surface area contributed by atoms with E-state index < -0.39 is 15.6 Å². The quantitative estimate of drug-likeness (QED) is 0.479. The Hall–Kier alpha value is -2.67. The Kier molecular flexibility index (Phi) is 5.67. The van der Waals surface area contributed by atoms with Crippen molar-refractivity contribution in [1.29, 1.82) is 0 Å². The molecule has 1 unspecified atom stereocenters. The summed E-state index contributed by atoms with van der Waals surface area (Å²) in [5.74, 6) is -0.0129. The van der Waals surface area contributed by atoms with Crippen molar-refractivity contribution < 1.29 is 8.42 Å². The van der Waals surface area contributed by atoms with E-state index in [0.717, 1.165) is 16.8 Å². The fraction of sp³-hybridized carbons (Fsp3) is 0.136. The lowest BCUT2D eigenvalue weighted by Crippen LogP contribution is -2.41. The van der Waals surface area contributed by atoms with Crippen molar-refractivity contribution in [2.24, 2.45) is 5.10 Å². The van der Waals surface area contributed by atoms with Gasteiger partial charge in [0, 0.05) is 5.92 Å². The number of hydrogen-bond donors (Lipinski definition) is 1. The minimum absolute atomic E-state index is 0.0129. The lowest BCUT2D eigenvalue weighted by Gasteiger charge is -2.22. The van der Waals surface area contributed by atoms with Crippen LogP contribution in [0.25, 0.3) is 0 Å². The molecule has 1 heterocycles. The molecule has 0 radical (unpaired) electrons. The molecule has 0 saturated carbocycles. The molecule has 29 heavy (non-hydrogen) atoms. The smallest absolute Gasteiger partial charge is 0.243 e. The first-order valence-electron chi connectivity index (χ1n) is 9.21. The molecule has 3 aromatic rings. The van der Waals surface area contributed by atoms with E-state index >= 15 is 0 Å². The van der Waals surface area contributed by atoms with E-state index in [9.17, 15) is 8.42 Å². The molecule has 0 spiro atoms. The minimum Gasteiger partial charge on any atom is -0.263 e. The van der Waals surface area contributed by atoms with Gasteiger partial charge in [0.25, 0.3) is 0 Å². The zero-order valence-corrected chi connectivity index (χ0v) is 17.1. The van der Waals surface area contributed by atoms with E-state index in [2.05, 4.69) is 9.82 Å². The summed E-state index contributed by atoms with van der Waals surface area (Å²) in [5, 5.41) is 6.27.